The first-order valence-corrected chi connectivity index (χ1v) is 5.88. The molecule has 84 valence electrons. The molecule has 0 amide bonds. The number of pyridine rings is 1. The van der Waals surface area contributed by atoms with E-state index in [1.165, 1.54) is 0 Å². The van der Waals surface area contributed by atoms with Crippen LogP contribution in [0, 0.1) is 0 Å². The van der Waals surface area contributed by atoms with Crippen LogP contribution in [0.15, 0.2) is 22.9 Å². The molecule has 1 aromatic rings. The lowest BCUT2D eigenvalue weighted by molar-refractivity contribution is 0.0148. The first-order chi connectivity index (χ1) is 7.13. The van der Waals surface area contributed by atoms with Gasteiger partial charge in [0.1, 0.15) is 0 Å². The van der Waals surface area contributed by atoms with Crippen LogP contribution in [0.2, 0.25) is 0 Å². The maximum Gasteiger partial charge on any atom is 0.0839 e. The van der Waals surface area contributed by atoms with Gasteiger partial charge in [0, 0.05) is 23.3 Å². The minimum absolute atomic E-state index is 0.438. The van der Waals surface area contributed by atoms with E-state index in [1.807, 2.05) is 13.0 Å². The van der Waals surface area contributed by atoms with E-state index in [4.69, 9.17) is 0 Å². The molecule has 0 aliphatic carbocycles. The third-order valence-corrected chi connectivity index (χ3v) is 2.67. The lowest BCUT2D eigenvalue weighted by atomic mass is 10.0. The fraction of sp³-hybridized carbons (Fsp3) is 0.545. The summed E-state index contributed by atoms with van der Waals surface area (Å²) in [5.74, 6) is 0. The van der Waals surface area contributed by atoms with Crippen molar-refractivity contribution in [1.82, 2.24) is 4.98 Å². The molecule has 4 heteroatoms. The van der Waals surface area contributed by atoms with Crippen LogP contribution >= 0.6 is 15.9 Å². The third-order valence-electron chi connectivity index (χ3n) is 2.23. The van der Waals surface area contributed by atoms with Gasteiger partial charge in [-0.05, 0) is 34.0 Å². The zero-order valence-electron chi connectivity index (χ0n) is 8.73. The van der Waals surface area contributed by atoms with E-state index in [0.717, 1.165) is 16.5 Å². The average Bonchev–Trinajstić information content (AvgIpc) is 2.18. The maximum atomic E-state index is 9.70. The molecule has 0 aliphatic rings. The number of aliphatic hydroxyl groups excluding tert-OH is 2. The Balaban J connectivity index is 2.54. The topological polar surface area (TPSA) is 53.4 Å². The molecule has 1 rings (SSSR count). The van der Waals surface area contributed by atoms with Crippen molar-refractivity contribution >= 4 is 15.9 Å². The average molecular weight is 274 g/mol. The Morgan fingerprint density at radius 2 is 2.07 bits per heavy atom. The zero-order chi connectivity index (χ0) is 11.3. The minimum Gasteiger partial charge on any atom is -0.390 e. The molecule has 0 radical (unpaired) electrons. The number of halogens is 1. The molecule has 0 spiro atoms. The molecule has 0 saturated carbocycles. The Kier molecular flexibility index (Phi) is 5.22. The molecule has 2 atom stereocenters. The van der Waals surface area contributed by atoms with Crippen molar-refractivity contribution in [3.63, 3.8) is 0 Å². The summed E-state index contributed by atoms with van der Waals surface area (Å²) in [6.07, 6.45) is 3.98. The van der Waals surface area contributed by atoms with Crippen molar-refractivity contribution < 1.29 is 10.2 Å². The second-order valence-corrected chi connectivity index (χ2v) is 4.55. The highest BCUT2D eigenvalue weighted by Crippen LogP contribution is 2.13. The maximum absolute atomic E-state index is 9.70. The summed E-state index contributed by atoms with van der Waals surface area (Å²) >= 11 is 3.31. The van der Waals surface area contributed by atoms with E-state index >= 15 is 0 Å². The van der Waals surface area contributed by atoms with Gasteiger partial charge in [-0.3, -0.25) is 4.98 Å². The summed E-state index contributed by atoms with van der Waals surface area (Å²) in [5, 5.41) is 19.3. The smallest absolute Gasteiger partial charge is 0.0839 e. The predicted molar refractivity (Wildman–Crippen MR) is 62.6 cm³/mol. The van der Waals surface area contributed by atoms with E-state index in [1.54, 1.807) is 12.4 Å². The zero-order valence-corrected chi connectivity index (χ0v) is 10.3. The molecule has 2 N–H and O–H groups in total. The van der Waals surface area contributed by atoms with E-state index in [2.05, 4.69) is 20.9 Å². The molecule has 0 bridgehead atoms. The molecule has 0 saturated heterocycles. The summed E-state index contributed by atoms with van der Waals surface area (Å²) < 4.78 is 0.886. The number of rotatable bonds is 5. The Labute approximate surface area is 98.3 Å². The van der Waals surface area contributed by atoms with E-state index in [0.29, 0.717) is 12.8 Å². The van der Waals surface area contributed by atoms with Crippen molar-refractivity contribution in [1.29, 1.82) is 0 Å². The highest BCUT2D eigenvalue weighted by molar-refractivity contribution is 9.10. The highest BCUT2D eigenvalue weighted by atomic mass is 79.9. The van der Waals surface area contributed by atoms with Gasteiger partial charge in [0.05, 0.1) is 12.2 Å². The van der Waals surface area contributed by atoms with Gasteiger partial charge < -0.3 is 10.2 Å². The molecule has 1 aromatic heterocycles. The minimum atomic E-state index is -0.707. The van der Waals surface area contributed by atoms with E-state index < -0.39 is 12.2 Å². The van der Waals surface area contributed by atoms with E-state index in [9.17, 15) is 10.2 Å². The van der Waals surface area contributed by atoms with Gasteiger partial charge in [0.25, 0.3) is 0 Å². The van der Waals surface area contributed by atoms with Crippen LogP contribution in [0.5, 0.6) is 0 Å². The second-order valence-electron chi connectivity index (χ2n) is 3.64. The van der Waals surface area contributed by atoms with Gasteiger partial charge in [0.15, 0.2) is 0 Å². The third kappa shape index (κ3) is 4.28. The summed E-state index contributed by atoms with van der Waals surface area (Å²) in [6, 6.07) is 1.90. The fourth-order valence-electron chi connectivity index (χ4n) is 1.43. The fourth-order valence-corrected chi connectivity index (χ4v) is 1.85. The van der Waals surface area contributed by atoms with Crippen molar-refractivity contribution in [2.45, 2.75) is 38.4 Å². The van der Waals surface area contributed by atoms with Gasteiger partial charge in [-0.2, -0.15) is 0 Å². The van der Waals surface area contributed by atoms with Gasteiger partial charge in [-0.15, -0.1) is 0 Å². The number of hydrogen-bond donors (Lipinski definition) is 2. The molecule has 1 heterocycles. The van der Waals surface area contributed by atoms with Crippen molar-refractivity contribution in [2.75, 3.05) is 0 Å². The first kappa shape index (κ1) is 12.6. The van der Waals surface area contributed by atoms with Crippen LogP contribution in [0.3, 0.4) is 0 Å². The monoisotopic (exact) mass is 273 g/mol. The molecule has 3 nitrogen and oxygen atoms in total. The van der Waals surface area contributed by atoms with Crippen molar-refractivity contribution in [3.05, 3.63) is 28.5 Å². The molecule has 0 aromatic carbocycles. The van der Waals surface area contributed by atoms with Gasteiger partial charge in [-0.25, -0.2) is 0 Å². The summed E-state index contributed by atoms with van der Waals surface area (Å²) in [4.78, 5) is 4.00. The molecule has 15 heavy (non-hydrogen) atoms. The molecular weight excluding hydrogens is 258 g/mol. The molecule has 0 aliphatic heterocycles. The van der Waals surface area contributed by atoms with Gasteiger partial charge >= 0.3 is 0 Å². The van der Waals surface area contributed by atoms with Crippen LogP contribution in [-0.2, 0) is 6.42 Å². The van der Waals surface area contributed by atoms with Crippen LogP contribution in [-0.4, -0.2) is 27.4 Å². The molecular formula is C11H16BrNO2. The van der Waals surface area contributed by atoms with E-state index in [-0.39, 0.29) is 0 Å². The summed E-state index contributed by atoms with van der Waals surface area (Å²) in [5.41, 5.74) is 0.923. The Morgan fingerprint density at radius 1 is 1.33 bits per heavy atom. The van der Waals surface area contributed by atoms with Crippen LogP contribution in [0.25, 0.3) is 0 Å². The van der Waals surface area contributed by atoms with Gasteiger partial charge in [-0.1, -0.05) is 13.3 Å². The SMILES string of the molecule is CCCC(O)C(O)Cc1cncc(Br)c1. The highest BCUT2D eigenvalue weighted by Gasteiger charge is 2.15. The Morgan fingerprint density at radius 3 is 2.67 bits per heavy atom. The number of hydrogen-bond acceptors (Lipinski definition) is 3. The lowest BCUT2D eigenvalue weighted by Crippen LogP contribution is -2.27. The number of nitrogens with zero attached hydrogens (tertiary/aromatic N) is 1. The Hall–Kier alpha value is -0.450. The predicted octanol–water partition coefficient (Wildman–Crippen LogP) is 1.91. The quantitative estimate of drug-likeness (QED) is 0.862. The normalized spacial score (nSPS) is 14.9. The van der Waals surface area contributed by atoms with Crippen molar-refractivity contribution in [2.24, 2.45) is 0 Å². The Bertz CT molecular complexity index is 306. The standard InChI is InChI=1S/C11H16BrNO2/c1-2-3-10(14)11(15)5-8-4-9(12)7-13-6-8/h4,6-7,10-11,14-15H,2-3,5H2,1H3. The van der Waals surface area contributed by atoms with Gasteiger partial charge in [0.2, 0.25) is 0 Å². The molecule has 0 fully saturated rings. The first-order valence-electron chi connectivity index (χ1n) is 5.09. The van der Waals surface area contributed by atoms with Crippen molar-refractivity contribution in [3.8, 4) is 0 Å². The number of aromatic nitrogens is 1. The molecule has 2 unspecified atom stereocenters. The lowest BCUT2D eigenvalue weighted by Gasteiger charge is -2.16. The van der Waals surface area contributed by atoms with Crippen LogP contribution in [0.1, 0.15) is 25.3 Å². The largest absolute Gasteiger partial charge is 0.390 e. The number of aliphatic hydroxyl groups is 2. The van der Waals surface area contributed by atoms with Crippen LogP contribution in [0.4, 0.5) is 0 Å². The second kappa shape index (κ2) is 6.20. The summed E-state index contributed by atoms with van der Waals surface area (Å²) in [6.45, 7) is 1.98. The van der Waals surface area contributed by atoms with Crippen LogP contribution < -0.4 is 0 Å². The summed E-state index contributed by atoms with van der Waals surface area (Å²) in [7, 11) is 0.